The molecule has 3 nitrogen and oxygen atoms in total. The summed E-state index contributed by atoms with van der Waals surface area (Å²) in [6.07, 6.45) is 1.97. The van der Waals surface area contributed by atoms with Gasteiger partial charge in [-0.3, -0.25) is 0 Å². The molecule has 1 unspecified atom stereocenters. The fourth-order valence-corrected chi connectivity index (χ4v) is 1.78. The molecule has 0 aliphatic carbocycles. The zero-order valence-corrected chi connectivity index (χ0v) is 10.8. The zero-order valence-electron chi connectivity index (χ0n) is 10.8. The van der Waals surface area contributed by atoms with Crippen molar-refractivity contribution in [3.8, 4) is 0 Å². The number of nitrogens with zero attached hydrogens (tertiary/aromatic N) is 2. The Morgan fingerprint density at radius 3 is 2.50 bits per heavy atom. The van der Waals surface area contributed by atoms with Gasteiger partial charge in [0.1, 0.15) is 5.82 Å². The van der Waals surface area contributed by atoms with Crippen molar-refractivity contribution in [3.05, 3.63) is 23.3 Å². The number of aryl methyl sites for hydroxylation is 1. The van der Waals surface area contributed by atoms with Crippen LogP contribution in [0.5, 0.6) is 0 Å². The van der Waals surface area contributed by atoms with Gasteiger partial charge in [-0.15, -0.1) is 0 Å². The van der Waals surface area contributed by atoms with E-state index in [2.05, 4.69) is 36.8 Å². The summed E-state index contributed by atoms with van der Waals surface area (Å²) in [5.41, 5.74) is 7.78. The van der Waals surface area contributed by atoms with Crippen molar-refractivity contribution in [2.24, 2.45) is 11.7 Å². The third-order valence-corrected chi connectivity index (χ3v) is 2.58. The number of hydrogen-bond donors (Lipinski definition) is 1. The van der Waals surface area contributed by atoms with Crippen LogP contribution in [0, 0.1) is 12.8 Å². The van der Waals surface area contributed by atoms with E-state index in [1.165, 1.54) is 0 Å². The second-order valence-electron chi connectivity index (χ2n) is 4.94. The molecule has 0 saturated carbocycles. The predicted octanol–water partition coefficient (Wildman–Crippen LogP) is 2.44. The Labute approximate surface area is 98.5 Å². The monoisotopic (exact) mass is 221 g/mol. The van der Waals surface area contributed by atoms with Crippen molar-refractivity contribution < 1.29 is 0 Å². The van der Waals surface area contributed by atoms with Crippen LogP contribution in [0.3, 0.4) is 0 Å². The van der Waals surface area contributed by atoms with Crippen LogP contribution in [0.25, 0.3) is 0 Å². The minimum absolute atomic E-state index is 0.357. The van der Waals surface area contributed by atoms with E-state index in [0.717, 1.165) is 30.1 Å². The molecule has 2 N–H and O–H groups in total. The normalized spacial score (nSPS) is 13.1. The first-order valence-electron chi connectivity index (χ1n) is 6.07. The Bertz CT molecular complexity index is 334. The standard InChI is InChI=1S/C13H23N3/c1-9(2)7-12-8-11(4)15-13(16-12)10(3)5-6-14/h8-10H,5-7,14H2,1-4H3. The number of hydrogen-bond acceptors (Lipinski definition) is 3. The van der Waals surface area contributed by atoms with Gasteiger partial charge < -0.3 is 5.73 Å². The highest BCUT2D eigenvalue weighted by molar-refractivity contribution is 5.12. The minimum atomic E-state index is 0.357. The van der Waals surface area contributed by atoms with Crippen molar-refractivity contribution >= 4 is 0 Å². The first-order valence-corrected chi connectivity index (χ1v) is 6.07. The largest absolute Gasteiger partial charge is 0.330 e. The van der Waals surface area contributed by atoms with Crippen LogP contribution in [0.1, 0.15) is 50.3 Å². The van der Waals surface area contributed by atoms with Gasteiger partial charge in [-0.1, -0.05) is 20.8 Å². The van der Waals surface area contributed by atoms with Crippen LogP contribution in [0.4, 0.5) is 0 Å². The fourth-order valence-electron chi connectivity index (χ4n) is 1.78. The van der Waals surface area contributed by atoms with Crippen LogP contribution in [-0.2, 0) is 6.42 Å². The molecule has 0 aromatic carbocycles. The van der Waals surface area contributed by atoms with Crippen LogP contribution in [-0.4, -0.2) is 16.5 Å². The van der Waals surface area contributed by atoms with Crippen molar-refractivity contribution in [2.75, 3.05) is 6.54 Å². The van der Waals surface area contributed by atoms with Crippen LogP contribution >= 0.6 is 0 Å². The second kappa shape index (κ2) is 5.94. The molecule has 1 aromatic heterocycles. The summed E-state index contributed by atoms with van der Waals surface area (Å²) < 4.78 is 0. The lowest BCUT2D eigenvalue weighted by molar-refractivity contribution is 0.606. The molecule has 0 aliphatic rings. The van der Waals surface area contributed by atoms with Crippen molar-refractivity contribution in [3.63, 3.8) is 0 Å². The van der Waals surface area contributed by atoms with Gasteiger partial charge in [0, 0.05) is 17.3 Å². The Hall–Kier alpha value is -0.960. The first kappa shape index (κ1) is 13.1. The van der Waals surface area contributed by atoms with E-state index in [1.807, 2.05) is 6.92 Å². The lowest BCUT2D eigenvalue weighted by Crippen LogP contribution is -2.10. The molecular weight excluding hydrogens is 198 g/mol. The van der Waals surface area contributed by atoms with Gasteiger partial charge in [0.25, 0.3) is 0 Å². The number of nitrogens with two attached hydrogens (primary N) is 1. The van der Waals surface area contributed by atoms with Crippen molar-refractivity contribution in [1.29, 1.82) is 0 Å². The van der Waals surface area contributed by atoms with Crippen molar-refractivity contribution in [2.45, 2.75) is 46.5 Å². The van der Waals surface area contributed by atoms with Gasteiger partial charge in [0.2, 0.25) is 0 Å². The number of rotatable bonds is 5. The average molecular weight is 221 g/mol. The fraction of sp³-hybridized carbons (Fsp3) is 0.692. The molecular formula is C13H23N3. The summed E-state index contributed by atoms with van der Waals surface area (Å²) in [6.45, 7) is 9.28. The summed E-state index contributed by atoms with van der Waals surface area (Å²) in [6, 6.07) is 2.08. The van der Waals surface area contributed by atoms with Crippen molar-refractivity contribution in [1.82, 2.24) is 9.97 Å². The summed E-state index contributed by atoms with van der Waals surface area (Å²) in [5, 5.41) is 0. The highest BCUT2D eigenvalue weighted by Gasteiger charge is 2.10. The second-order valence-corrected chi connectivity index (χ2v) is 4.94. The average Bonchev–Trinajstić information content (AvgIpc) is 2.15. The third kappa shape index (κ3) is 3.89. The molecule has 0 fully saturated rings. The lowest BCUT2D eigenvalue weighted by Gasteiger charge is -2.12. The van der Waals surface area contributed by atoms with E-state index >= 15 is 0 Å². The molecule has 16 heavy (non-hydrogen) atoms. The zero-order chi connectivity index (χ0) is 12.1. The van der Waals surface area contributed by atoms with E-state index < -0.39 is 0 Å². The molecule has 0 bridgehead atoms. The smallest absolute Gasteiger partial charge is 0.131 e. The molecule has 90 valence electrons. The predicted molar refractivity (Wildman–Crippen MR) is 67.4 cm³/mol. The summed E-state index contributed by atoms with van der Waals surface area (Å²) >= 11 is 0. The molecule has 1 rings (SSSR count). The minimum Gasteiger partial charge on any atom is -0.330 e. The molecule has 0 saturated heterocycles. The van der Waals surface area contributed by atoms with Gasteiger partial charge in [-0.05, 0) is 38.3 Å². The number of aromatic nitrogens is 2. The van der Waals surface area contributed by atoms with E-state index in [4.69, 9.17) is 5.73 Å². The van der Waals surface area contributed by atoms with Crippen LogP contribution < -0.4 is 5.73 Å². The molecule has 1 atom stereocenters. The van der Waals surface area contributed by atoms with E-state index in [0.29, 0.717) is 18.4 Å². The molecule has 0 amide bonds. The van der Waals surface area contributed by atoms with Gasteiger partial charge in [0.05, 0.1) is 0 Å². The molecule has 0 spiro atoms. The van der Waals surface area contributed by atoms with E-state index in [-0.39, 0.29) is 0 Å². The van der Waals surface area contributed by atoms with Gasteiger partial charge in [-0.25, -0.2) is 9.97 Å². The Balaban J connectivity index is 2.89. The van der Waals surface area contributed by atoms with E-state index in [9.17, 15) is 0 Å². The van der Waals surface area contributed by atoms with E-state index in [1.54, 1.807) is 0 Å². The molecule has 3 heteroatoms. The topological polar surface area (TPSA) is 51.8 Å². The summed E-state index contributed by atoms with van der Waals surface area (Å²) in [4.78, 5) is 9.12. The maximum Gasteiger partial charge on any atom is 0.131 e. The van der Waals surface area contributed by atoms with Gasteiger partial charge in [0.15, 0.2) is 0 Å². The summed E-state index contributed by atoms with van der Waals surface area (Å²) in [7, 11) is 0. The Kier molecular flexibility index (Phi) is 4.87. The third-order valence-electron chi connectivity index (χ3n) is 2.58. The Morgan fingerprint density at radius 1 is 1.25 bits per heavy atom. The lowest BCUT2D eigenvalue weighted by atomic mass is 10.0. The highest BCUT2D eigenvalue weighted by Crippen LogP contribution is 2.16. The Morgan fingerprint density at radius 2 is 1.94 bits per heavy atom. The van der Waals surface area contributed by atoms with Crippen LogP contribution in [0.15, 0.2) is 6.07 Å². The quantitative estimate of drug-likeness (QED) is 0.831. The molecule has 0 aliphatic heterocycles. The first-order chi connectivity index (χ1) is 7.52. The maximum absolute atomic E-state index is 5.57. The molecule has 1 heterocycles. The van der Waals surface area contributed by atoms with Gasteiger partial charge >= 0.3 is 0 Å². The molecule has 0 radical (unpaired) electrons. The highest BCUT2D eigenvalue weighted by atomic mass is 14.9. The van der Waals surface area contributed by atoms with Gasteiger partial charge in [-0.2, -0.15) is 0 Å². The maximum atomic E-state index is 5.57. The SMILES string of the molecule is Cc1cc(CC(C)C)nc(C(C)CCN)n1. The molecule has 1 aromatic rings. The summed E-state index contributed by atoms with van der Waals surface area (Å²) in [5.74, 6) is 1.93. The van der Waals surface area contributed by atoms with Crippen LogP contribution in [0.2, 0.25) is 0 Å².